The highest BCUT2D eigenvalue weighted by molar-refractivity contribution is 5.72. The second-order valence-electron chi connectivity index (χ2n) is 4.79. The lowest BCUT2D eigenvalue weighted by atomic mass is 10.0. The van der Waals surface area contributed by atoms with Crippen LogP contribution in [0.1, 0.15) is 5.56 Å². The van der Waals surface area contributed by atoms with E-state index in [0.29, 0.717) is 6.54 Å². The van der Waals surface area contributed by atoms with Crippen LogP contribution in [-0.2, 0) is 6.54 Å². The first-order valence-corrected chi connectivity index (χ1v) is 6.70. The van der Waals surface area contributed by atoms with Gasteiger partial charge in [-0.1, -0.05) is 18.2 Å². The summed E-state index contributed by atoms with van der Waals surface area (Å²) in [5, 5.41) is 13.9. The van der Waals surface area contributed by atoms with Crippen LogP contribution in [0.3, 0.4) is 0 Å². The van der Waals surface area contributed by atoms with Crippen LogP contribution in [0.5, 0.6) is 11.5 Å². The molecular formula is C17H16N2O2. The third-order valence-corrected chi connectivity index (χ3v) is 3.32. The molecule has 0 radical (unpaired) electrons. The number of hydrogen-bond acceptors (Lipinski definition) is 3. The summed E-state index contributed by atoms with van der Waals surface area (Å²) < 4.78 is 7.25. The van der Waals surface area contributed by atoms with E-state index in [1.54, 1.807) is 31.5 Å². The van der Waals surface area contributed by atoms with Crippen LogP contribution >= 0.6 is 0 Å². The minimum atomic E-state index is 0.225. The van der Waals surface area contributed by atoms with Crippen molar-refractivity contribution in [1.29, 1.82) is 0 Å². The molecule has 0 bridgehead atoms. The van der Waals surface area contributed by atoms with E-state index >= 15 is 0 Å². The molecule has 1 heterocycles. The molecule has 4 heteroatoms. The summed E-state index contributed by atoms with van der Waals surface area (Å²) >= 11 is 0. The fourth-order valence-electron chi connectivity index (χ4n) is 2.34. The molecular weight excluding hydrogens is 264 g/mol. The van der Waals surface area contributed by atoms with Gasteiger partial charge in [0.25, 0.3) is 0 Å². The van der Waals surface area contributed by atoms with Crippen molar-refractivity contribution in [2.75, 3.05) is 7.11 Å². The van der Waals surface area contributed by atoms with Crippen LogP contribution in [-0.4, -0.2) is 22.0 Å². The molecule has 0 amide bonds. The van der Waals surface area contributed by atoms with Gasteiger partial charge >= 0.3 is 0 Å². The van der Waals surface area contributed by atoms with Crippen LogP contribution in [0.25, 0.3) is 11.1 Å². The molecule has 1 aromatic heterocycles. The molecule has 0 aliphatic heterocycles. The van der Waals surface area contributed by atoms with E-state index in [4.69, 9.17) is 4.74 Å². The Balaban J connectivity index is 1.98. The third kappa shape index (κ3) is 2.89. The number of aromatic nitrogens is 2. The van der Waals surface area contributed by atoms with E-state index in [1.807, 2.05) is 29.1 Å². The van der Waals surface area contributed by atoms with Crippen LogP contribution in [0, 0.1) is 0 Å². The molecule has 0 saturated heterocycles. The highest BCUT2D eigenvalue weighted by Gasteiger charge is 2.08. The first-order valence-electron chi connectivity index (χ1n) is 6.70. The van der Waals surface area contributed by atoms with Gasteiger partial charge in [0.2, 0.25) is 0 Å². The second-order valence-corrected chi connectivity index (χ2v) is 4.79. The second kappa shape index (κ2) is 5.71. The maximum atomic E-state index is 9.70. The zero-order chi connectivity index (χ0) is 14.7. The number of aromatic hydroxyl groups is 1. The molecule has 3 rings (SSSR count). The monoisotopic (exact) mass is 280 g/mol. The number of phenolic OH excluding ortho intramolecular Hbond substituents is 1. The predicted molar refractivity (Wildman–Crippen MR) is 81.4 cm³/mol. The summed E-state index contributed by atoms with van der Waals surface area (Å²) in [4.78, 5) is 0. The predicted octanol–water partition coefficient (Wildman–Crippen LogP) is 3.31. The lowest BCUT2D eigenvalue weighted by Crippen LogP contribution is -1.99. The van der Waals surface area contributed by atoms with E-state index < -0.39 is 0 Å². The smallest absolute Gasteiger partial charge is 0.126 e. The highest BCUT2D eigenvalue weighted by Crippen LogP contribution is 2.33. The van der Waals surface area contributed by atoms with Gasteiger partial charge < -0.3 is 9.84 Å². The molecule has 0 aliphatic carbocycles. The van der Waals surface area contributed by atoms with Gasteiger partial charge in [0.15, 0.2) is 0 Å². The fraction of sp³-hybridized carbons (Fsp3) is 0.118. The number of nitrogens with zero attached hydrogens (tertiary/aromatic N) is 2. The van der Waals surface area contributed by atoms with Gasteiger partial charge in [-0.25, -0.2) is 0 Å². The quantitative estimate of drug-likeness (QED) is 0.797. The summed E-state index contributed by atoms with van der Waals surface area (Å²) in [6.45, 7) is 0.710. The fourth-order valence-corrected chi connectivity index (χ4v) is 2.34. The van der Waals surface area contributed by atoms with Crippen molar-refractivity contribution in [2.45, 2.75) is 6.54 Å². The molecule has 0 fully saturated rings. The molecule has 3 aromatic rings. The van der Waals surface area contributed by atoms with Gasteiger partial charge in [0, 0.05) is 18.0 Å². The van der Waals surface area contributed by atoms with Crippen molar-refractivity contribution in [3.05, 3.63) is 66.5 Å². The van der Waals surface area contributed by atoms with Crippen LogP contribution < -0.4 is 4.74 Å². The summed E-state index contributed by atoms with van der Waals surface area (Å²) in [7, 11) is 1.63. The van der Waals surface area contributed by atoms with Gasteiger partial charge in [-0.05, 0) is 41.5 Å². The van der Waals surface area contributed by atoms with Gasteiger partial charge in [-0.15, -0.1) is 0 Å². The van der Waals surface area contributed by atoms with Gasteiger partial charge in [0.05, 0.1) is 13.7 Å². The molecule has 0 spiro atoms. The van der Waals surface area contributed by atoms with E-state index in [2.05, 4.69) is 17.2 Å². The number of phenols is 1. The lowest BCUT2D eigenvalue weighted by Gasteiger charge is -2.11. The van der Waals surface area contributed by atoms with E-state index in [0.717, 1.165) is 22.4 Å². The summed E-state index contributed by atoms with van der Waals surface area (Å²) in [5.74, 6) is 0.965. The molecule has 0 atom stereocenters. The third-order valence-electron chi connectivity index (χ3n) is 3.32. The molecule has 21 heavy (non-hydrogen) atoms. The van der Waals surface area contributed by atoms with Crippen LogP contribution in [0.15, 0.2) is 60.9 Å². The minimum absolute atomic E-state index is 0.225. The van der Waals surface area contributed by atoms with Gasteiger partial charge in [-0.3, -0.25) is 4.68 Å². The highest BCUT2D eigenvalue weighted by atomic mass is 16.5. The van der Waals surface area contributed by atoms with Gasteiger partial charge in [0.1, 0.15) is 11.5 Å². The lowest BCUT2D eigenvalue weighted by molar-refractivity contribution is 0.414. The Labute approximate surface area is 123 Å². The van der Waals surface area contributed by atoms with E-state index in [1.165, 1.54) is 0 Å². The number of benzene rings is 2. The summed E-state index contributed by atoms with van der Waals surface area (Å²) in [6.07, 6.45) is 3.70. The number of methoxy groups -OCH3 is 1. The molecule has 0 saturated carbocycles. The Morgan fingerprint density at radius 1 is 1.14 bits per heavy atom. The molecule has 4 nitrogen and oxygen atoms in total. The summed E-state index contributed by atoms with van der Waals surface area (Å²) in [6, 6.07) is 15.1. The first-order chi connectivity index (χ1) is 10.3. The van der Waals surface area contributed by atoms with E-state index in [-0.39, 0.29) is 5.75 Å². The SMILES string of the molecule is COc1ccc(O)cc1-c1cccc(Cn2cccn2)c1. The zero-order valence-corrected chi connectivity index (χ0v) is 11.7. The van der Waals surface area contributed by atoms with Gasteiger partial charge in [-0.2, -0.15) is 5.10 Å². The van der Waals surface area contributed by atoms with Crippen molar-refractivity contribution in [3.8, 4) is 22.6 Å². The molecule has 0 unspecified atom stereocenters. The van der Waals surface area contributed by atoms with Crippen molar-refractivity contribution >= 4 is 0 Å². The Bertz CT molecular complexity index is 736. The molecule has 0 aliphatic rings. The topological polar surface area (TPSA) is 47.3 Å². The normalized spacial score (nSPS) is 10.5. The zero-order valence-electron chi connectivity index (χ0n) is 11.7. The Kier molecular flexibility index (Phi) is 3.60. The minimum Gasteiger partial charge on any atom is -0.508 e. The molecule has 106 valence electrons. The number of rotatable bonds is 4. The average Bonchev–Trinajstić information content (AvgIpc) is 3.00. The van der Waals surface area contributed by atoms with Crippen molar-refractivity contribution in [2.24, 2.45) is 0 Å². The largest absolute Gasteiger partial charge is 0.508 e. The van der Waals surface area contributed by atoms with Crippen LogP contribution in [0.2, 0.25) is 0 Å². The summed E-state index contributed by atoms with van der Waals surface area (Å²) in [5.41, 5.74) is 3.02. The van der Waals surface area contributed by atoms with Crippen molar-refractivity contribution < 1.29 is 9.84 Å². The van der Waals surface area contributed by atoms with Crippen molar-refractivity contribution in [1.82, 2.24) is 9.78 Å². The molecule has 1 N–H and O–H groups in total. The Morgan fingerprint density at radius 2 is 2.05 bits per heavy atom. The Morgan fingerprint density at radius 3 is 2.81 bits per heavy atom. The first kappa shape index (κ1) is 13.2. The number of hydrogen-bond donors (Lipinski definition) is 1. The Hall–Kier alpha value is -2.75. The maximum absolute atomic E-state index is 9.70. The van der Waals surface area contributed by atoms with Crippen LogP contribution in [0.4, 0.5) is 0 Å². The van der Waals surface area contributed by atoms with E-state index in [9.17, 15) is 5.11 Å². The molecule has 2 aromatic carbocycles. The maximum Gasteiger partial charge on any atom is 0.126 e. The van der Waals surface area contributed by atoms with Crippen molar-refractivity contribution in [3.63, 3.8) is 0 Å². The number of ether oxygens (including phenoxy) is 1. The standard InChI is InChI=1S/C17H16N2O2/c1-21-17-7-6-15(20)11-16(17)14-5-2-4-13(10-14)12-19-9-3-8-18-19/h2-11,20H,12H2,1H3. The average molecular weight is 280 g/mol.